The molecule has 0 aliphatic carbocycles. The van der Waals surface area contributed by atoms with Crippen LogP contribution >= 0.6 is 0 Å². The molecule has 2 N–H and O–H groups in total. The Morgan fingerprint density at radius 2 is 2.00 bits per heavy atom. The van der Waals surface area contributed by atoms with Crippen LogP contribution in [0, 0.1) is 5.92 Å². The maximum atomic E-state index is 11.9. The molecule has 1 heterocycles. The highest BCUT2D eigenvalue weighted by Crippen LogP contribution is 2.17. The summed E-state index contributed by atoms with van der Waals surface area (Å²) in [6.45, 7) is 6.21. The van der Waals surface area contributed by atoms with Gasteiger partial charge in [-0.05, 0) is 38.8 Å². The largest absolute Gasteiger partial charge is 0.396 e. The number of hydrogen-bond donors (Lipinski definition) is 2. The zero-order valence-electron chi connectivity index (χ0n) is 11.7. The van der Waals surface area contributed by atoms with Crippen molar-refractivity contribution in [3.63, 3.8) is 0 Å². The fourth-order valence-corrected chi connectivity index (χ4v) is 2.44. The molecule has 0 saturated carbocycles. The minimum Gasteiger partial charge on any atom is -0.396 e. The van der Waals surface area contributed by atoms with E-state index < -0.39 is 0 Å². The van der Waals surface area contributed by atoms with Gasteiger partial charge in [0.25, 0.3) is 0 Å². The number of unbranched alkanes of at least 4 members (excludes halogenated alkanes) is 2. The molecule has 18 heavy (non-hydrogen) atoms. The monoisotopic (exact) mass is 256 g/mol. The van der Waals surface area contributed by atoms with Crippen molar-refractivity contribution in [1.29, 1.82) is 0 Å². The van der Waals surface area contributed by atoms with Crippen LogP contribution in [0.15, 0.2) is 0 Å². The molecule has 0 aromatic rings. The van der Waals surface area contributed by atoms with Crippen LogP contribution in [0.1, 0.15) is 45.4 Å². The first-order valence-electron chi connectivity index (χ1n) is 7.38. The fourth-order valence-electron chi connectivity index (χ4n) is 2.44. The summed E-state index contributed by atoms with van der Waals surface area (Å²) in [5, 5.41) is 11.8. The van der Waals surface area contributed by atoms with Gasteiger partial charge in [-0.1, -0.05) is 19.8 Å². The molecule has 0 unspecified atom stereocenters. The number of likely N-dealkylation sites (tertiary alicyclic amines) is 1. The molecule has 1 rings (SSSR count). The first-order valence-corrected chi connectivity index (χ1v) is 7.38. The molecule has 106 valence electrons. The van der Waals surface area contributed by atoms with E-state index in [0.717, 1.165) is 51.9 Å². The van der Waals surface area contributed by atoms with E-state index in [1.807, 2.05) is 0 Å². The van der Waals surface area contributed by atoms with Crippen LogP contribution in [0.4, 0.5) is 0 Å². The van der Waals surface area contributed by atoms with Crippen LogP contribution < -0.4 is 5.32 Å². The lowest BCUT2D eigenvalue weighted by molar-refractivity contribution is -0.126. The molecule has 4 nitrogen and oxygen atoms in total. The Kier molecular flexibility index (Phi) is 8.01. The Morgan fingerprint density at radius 1 is 1.28 bits per heavy atom. The minimum atomic E-state index is 0.206. The number of aliphatic hydroxyl groups excluding tert-OH is 1. The number of carbonyl (C=O) groups is 1. The van der Waals surface area contributed by atoms with E-state index in [1.54, 1.807) is 0 Å². The number of nitrogens with zero attached hydrogens (tertiary/aromatic N) is 1. The van der Waals surface area contributed by atoms with Gasteiger partial charge in [0, 0.05) is 25.6 Å². The zero-order valence-corrected chi connectivity index (χ0v) is 11.7. The lowest BCUT2D eigenvalue weighted by Gasteiger charge is -2.31. The summed E-state index contributed by atoms with van der Waals surface area (Å²) in [4.78, 5) is 14.3. The average Bonchev–Trinajstić information content (AvgIpc) is 2.41. The Morgan fingerprint density at radius 3 is 2.61 bits per heavy atom. The maximum Gasteiger partial charge on any atom is 0.223 e. The summed E-state index contributed by atoms with van der Waals surface area (Å²) in [6.07, 6.45) is 6.25. The molecule has 0 aromatic heterocycles. The molecule has 1 fully saturated rings. The molecule has 1 saturated heterocycles. The molecule has 0 radical (unpaired) electrons. The van der Waals surface area contributed by atoms with E-state index >= 15 is 0 Å². The summed E-state index contributed by atoms with van der Waals surface area (Å²) in [5.41, 5.74) is 0. The first kappa shape index (κ1) is 15.4. The van der Waals surface area contributed by atoms with Gasteiger partial charge >= 0.3 is 0 Å². The second-order valence-corrected chi connectivity index (χ2v) is 5.19. The van der Waals surface area contributed by atoms with Crippen molar-refractivity contribution in [2.45, 2.75) is 45.4 Å². The second kappa shape index (κ2) is 9.34. The number of hydrogen-bond acceptors (Lipinski definition) is 3. The normalized spacial score (nSPS) is 17.9. The van der Waals surface area contributed by atoms with Crippen molar-refractivity contribution < 1.29 is 9.90 Å². The summed E-state index contributed by atoms with van der Waals surface area (Å²) < 4.78 is 0. The maximum absolute atomic E-state index is 11.9. The standard InChI is InChI=1S/C14H28N2O2/c1-2-3-4-8-15-14(18)13-6-10-16(11-7-13)9-5-12-17/h13,17H,2-12H2,1H3,(H,15,18). The van der Waals surface area contributed by atoms with E-state index in [0.29, 0.717) is 0 Å². The van der Waals surface area contributed by atoms with E-state index in [-0.39, 0.29) is 18.4 Å². The predicted octanol–water partition coefficient (Wildman–Crippen LogP) is 1.39. The number of piperidine rings is 1. The molecule has 1 aliphatic rings. The quantitative estimate of drug-likeness (QED) is 0.645. The molecule has 4 heteroatoms. The van der Waals surface area contributed by atoms with Crippen LogP contribution in [0.3, 0.4) is 0 Å². The number of nitrogens with one attached hydrogen (secondary N) is 1. The number of carbonyl (C=O) groups excluding carboxylic acids is 1. The third-order valence-electron chi connectivity index (χ3n) is 3.67. The van der Waals surface area contributed by atoms with Crippen molar-refractivity contribution in [3.8, 4) is 0 Å². The third kappa shape index (κ3) is 5.83. The van der Waals surface area contributed by atoms with Crippen molar-refractivity contribution >= 4 is 5.91 Å². The van der Waals surface area contributed by atoms with Gasteiger partial charge < -0.3 is 15.3 Å². The highest BCUT2D eigenvalue weighted by molar-refractivity contribution is 5.78. The molecular formula is C14H28N2O2. The van der Waals surface area contributed by atoms with Gasteiger partial charge in [0.2, 0.25) is 5.91 Å². The van der Waals surface area contributed by atoms with Gasteiger partial charge in [-0.3, -0.25) is 4.79 Å². The SMILES string of the molecule is CCCCCNC(=O)C1CCN(CCCO)CC1. The lowest BCUT2D eigenvalue weighted by atomic mass is 9.96. The third-order valence-corrected chi connectivity index (χ3v) is 3.67. The van der Waals surface area contributed by atoms with Gasteiger partial charge in [0.1, 0.15) is 0 Å². The Balaban J connectivity index is 2.11. The van der Waals surface area contributed by atoms with Crippen LogP contribution in [-0.4, -0.2) is 48.7 Å². The molecule has 0 spiro atoms. The topological polar surface area (TPSA) is 52.6 Å². The van der Waals surface area contributed by atoms with Gasteiger partial charge in [0.05, 0.1) is 0 Å². The zero-order chi connectivity index (χ0) is 13.2. The molecule has 1 aliphatic heterocycles. The molecule has 0 bridgehead atoms. The van der Waals surface area contributed by atoms with E-state index in [9.17, 15) is 4.79 Å². The molecule has 1 amide bonds. The van der Waals surface area contributed by atoms with Crippen molar-refractivity contribution in [3.05, 3.63) is 0 Å². The Labute approximate surface area is 111 Å². The van der Waals surface area contributed by atoms with Crippen molar-refractivity contribution in [1.82, 2.24) is 10.2 Å². The summed E-state index contributed by atoms with van der Waals surface area (Å²) >= 11 is 0. The smallest absolute Gasteiger partial charge is 0.223 e. The Hall–Kier alpha value is -0.610. The summed E-state index contributed by atoms with van der Waals surface area (Å²) in [7, 11) is 0. The minimum absolute atomic E-state index is 0.206. The van der Waals surface area contributed by atoms with E-state index in [1.165, 1.54) is 12.8 Å². The number of aliphatic hydroxyl groups is 1. The average molecular weight is 256 g/mol. The van der Waals surface area contributed by atoms with Crippen molar-refractivity contribution in [2.24, 2.45) is 5.92 Å². The number of rotatable bonds is 8. The fraction of sp³-hybridized carbons (Fsp3) is 0.929. The van der Waals surface area contributed by atoms with Gasteiger partial charge in [-0.2, -0.15) is 0 Å². The van der Waals surface area contributed by atoms with E-state index in [2.05, 4.69) is 17.1 Å². The van der Waals surface area contributed by atoms with Crippen LogP contribution in [0.25, 0.3) is 0 Å². The van der Waals surface area contributed by atoms with Gasteiger partial charge in [0.15, 0.2) is 0 Å². The Bertz CT molecular complexity index is 226. The molecule has 0 atom stereocenters. The lowest BCUT2D eigenvalue weighted by Crippen LogP contribution is -2.41. The predicted molar refractivity (Wildman–Crippen MR) is 73.4 cm³/mol. The summed E-state index contributed by atoms with van der Waals surface area (Å²) in [6, 6.07) is 0. The highest BCUT2D eigenvalue weighted by atomic mass is 16.3. The van der Waals surface area contributed by atoms with E-state index in [4.69, 9.17) is 5.11 Å². The first-order chi connectivity index (χ1) is 8.77. The van der Waals surface area contributed by atoms with Crippen LogP contribution in [0.2, 0.25) is 0 Å². The van der Waals surface area contributed by atoms with Crippen LogP contribution in [-0.2, 0) is 4.79 Å². The number of amides is 1. The second-order valence-electron chi connectivity index (χ2n) is 5.19. The molecular weight excluding hydrogens is 228 g/mol. The van der Waals surface area contributed by atoms with Gasteiger partial charge in [-0.15, -0.1) is 0 Å². The highest BCUT2D eigenvalue weighted by Gasteiger charge is 2.24. The van der Waals surface area contributed by atoms with Crippen molar-refractivity contribution in [2.75, 3.05) is 32.8 Å². The summed E-state index contributed by atoms with van der Waals surface area (Å²) in [5.74, 6) is 0.449. The van der Waals surface area contributed by atoms with Gasteiger partial charge in [-0.25, -0.2) is 0 Å². The molecule has 0 aromatic carbocycles. The van der Waals surface area contributed by atoms with Crippen LogP contribution in [0.5, 0.6) is 0 Å².